The van der Waals surface area contributed by atoms with E-state index < -0.39 is 10.0 Å². The molecule has 0 unspecified atom stereocenters. The van der Waals surface area contributed by atoms with Crippen LogP contribution in [0.2, 0.25) is 0 Å². The summed E-state index contributed by atoms with van der Waals surface area (Å²) in [5.74, 6) is 0.667. The number of hydrogen-bond donors (Lipinski definition) is 1. The van der Waals surface area contributed by atoms with Crippen LogP contribution in [0.1, 0.15) is 23.0 Å². The minimum absolute atomic E-state index is 0.0119. The maximum atomic E-state index is 12.6. The fourth-order valence-corrected chi connectivity index (χ4v) is 3.44. The SMILES string of the molecule is CC(=O)c1cccc(NS(=O)(=O)c2cc(-c3ccno3)oc2C)c1. The third kappa shape index (κ3) is 3.09. The van der Waals surface area contributed by atoms with Crippen molar-refractivity contribution in [3.63, 3.8) is 0 Å². The summed E-state index contributed by atoms with van der Waals surface area (Å²) in [6.07, 6.45) is 1.44. The van der Waals surface area contributed by atoms with Crippen molar-refractivity contribution in [3.8, 4) is 11.5 Å². The molecule has 1 N–H and O–H groups in total. The van der Waals surface area contributed by atoms with Crippen LogP contribution in [0.4, 0.5) is 5.69 Å². The third-order valence-corrected chi connectivity index (χ3v) is 4.85. The first-order valence-corrected chi connectivity index (χ1v) is 8.50. The number of aryl methyl sites for hydroxylation is 1. The Labute approximate surface area is 138 Å². The highest BCUT2D eigenvalue weighted by molar-refractivity contribution is 7.92. The van der Waals surface area contributed by atoms with Gasteiger partial charge in [0.05, 0.1) is 6.20 Å². The van der Waals surface area contributed by atoms with Crippen molar-refractivity contribution in [3.05, 3.63) is 53.9 Å². The van der Waals surface area contributed by atoms with Gasteiger partial charge in [-0.25, -0.2) is 8.42 Å². The monoisotopic (exact) mass is 346 g/mol. The van der Waals surface area contributed by atoms with Crippen molar-refractivity contribution in [2.75, 3.05) is 4.72 Å². The van der Waals surface area contributed by atoms with E-state index >= 15 is 0 Å². The lowest BCUT2D eigenvalue weighted by molar-refractivity contribution is 0.101. The number of anilines is 1. The predicted molar refractivity (Wildman–Crippen MR) is 86.2 cm³/mol. The number of hydrogen-bond acceptors (Lipinski definition) is 6. The molecule has 2 heterocycles. The second-order valence-corrected chi connectivity index (χ2v) is 6.80. The zero-order valence-corrected chi connectivity index (χ0v) is 13.8. The van der Waals surface area contributed by atoms with Gasteiger partial charge in [-0.05, 0) is 26.0 Å². The fraction of sp³-hybridized carbons (Fsp3) is 0.125. The van der Waals surface area contributed by atoms with Crippen LogP contribution in [0.15, 0.2) is 56.4 Å². The van der Waals surface area contributed by atoms with Gasteiger partial charge in [0.2, 0.25) is 5.76 Å². The highest BCUT2D eigenvalue weighted by Crippen LogP contribution is 2.29. The van der Waals surface area contributed by atoms with Crippen molar-refractivity contribution in [1.82, 2.24) is 5.16 Å². The Kier molecular flexibility index (Phi) is 3.98. The molecule has 3 rings (SSSR count). The summed E-state index contributed by atoms with van der Waals surface area (Å²) in [5, 5.41) is 3.56. The van der Waals surface area contributed by atoms with Gasteiger partial charge in [0.15, 0.2) is 11.5 Å². The molecule has 0 amide bonds. The van der Waals surface area contributed by atoms with E-state index in [2.05, 4.69) is 9.88 Å². The molecule has 0 aliphatic heterocycles. The van der Waals surface area contributed by atoms with Crippen LogP contribution in [-0.2, 0) is 10.0 Å². The molecule has 2 aromatic heterocycles. The topological polar surface area (TPSA) is 102 Å². The first-order chi connectivity index (χ1) is 11.4. The molecule has 8 heteroatoms. The molecule has 0 aliphatic rings. The Morgan fingerprint density at radius 1 is 1.17 bits per heavy atom. The molecule has 0 aliphatic carbocycles. The average Bonchev–Trinajstić information content (AvgIpc) is 3.16. The number of nitrogens with zero attached hydrogens (tertiary/aromatic N) is 1. The van der Waals surface area contributed by atoms with Gasteiger partial charge in [-0.1, -0.05) is 17.3 Å². The number of benzene rings is 1. The average molecular weight is 346 g/mol. The number of sulfonamides is 1. The van der Waals surface area contributed by atoms with Crippen molar-refractivity contribution >= 4 is 21.5 Å². The molecule has 0 saturated carbocycles. The van der Waals surface area contributed by atoms with Gasteiger partial charge in [0.1, 0.15) is 10.7 Å². The summed E-state index contributed by atoms with van der Waals surface area (Å²) in [6, 6.07) is 9.21. The lowest BCUT2D eigenvalue weighted by Gasteiger charge is -2.07. The van der Waals surface area contributed by atoms with E-state index in [0.29, 0.717) is 17.0 Å². The van der Waals surface area contributed by atoms with Gasteiger partial charge in [-0.3, -0.25) is 9.52 Å². The number of carbonyl (C=O) groups excluding carboxylic acids is 1. The Morgan fingerprint density at radius 2 is 1.96 bits per heavy atom. The van der Waals surface area contributed by atoms with Gasteiger partial charge >= 0.3 is 0 Å². The first kappa shape index (κ1) is 16.0. The number of Topliss-reactive ketones (excluding diaryl/α,β-unsaturated/α-hetero) is 1. The van der Waals surface area contributed by atoms with Gasteiger partial charge in [-0.15, -0.1) is 0 Å². The number of nitrogens with one attached hydrogen (secondary N) is 1. The predicted octanol–water partition coefficient (Wildman–Crippen LogP) is 3.25. The highest BCUT2D eigenvalue weighted by Gasteiger charge is 2.23. The summed E-state index contributed by atoms with van der Waals surface area (Å²) in [4.78, 5) is 11.4. The van der Waals surface area contributed by atoms with E-state index in [0.717, 1.165) is 0 Å². The Hall–Kier alpha value is -2.87. The van der Waals surface area contributed by atoms with Crippen LogP contribution in [-0.4, -0.2) is 19.4 Å². The van der Waals surface area contributed by atoms with Gasteiger partial charge in [0.25, 0.3) is 10.0 Å². The molecule has 7 nitrogen and oxygen atoms in total. The first-order valence-electron chi connectivity index (χ1n) is 7.02. The fourth-order valence-electron chi connectivity index (χ4n) is 2.21. The van der Waals surface area contributed by atoms with E-state index in [1.54, 1.807) is 31.2 Å². The van der Waals surface area contributed by atoms with Crippen LogP contribution in [0.5, 0.6) is 0 Å². The zero-order valence-electron chi connectivity index (χ0n) is 12.9. The van der Waals surface area contributed by atoms with Crippen molar-refractivity contribution in [1.29, 1.82) is 0 Å². The molecule has 0 bridgehead atoms. The van der Waals surface area contributed by atoms with Gasteiger partial charge in [-0.2, -0.15) is 0 Å². The molecular weight excluding hydrogens is 332 g/mol. The van der Waals surface area contributed by atoms with E-state index in [9.17, 15) is 13.2 Å². The Balaban J connectivity index is 1.94. The Morgan fingerprint density at radius 3 is 2.62 bits per heavy atom. The second-order valence-electron chi connectivity index (χ2n) is 5.15. The molecular formula is C16H14N2O5S. The van der Waals surface area contributed by atoms with E-state index in [4.69, 9.17) is 8.94 Å². The summed E-state index contributed by atoms with van der Waals surface area (Å²) in [5.41, 5.74) is 0.714. The summed E-state index contributed by atoms with van der Waals surface area (Å²) < 4.78 is 38.0. The molecule has 24 heavy (non-hydrogen) atoms. The number of ketones is 1. The molecule has 0 radical (unpaired) electrons. The third-order valence-electron chi connectivity index (χ3n) is 3.36. The number of furan rings is 1. The molecule has 0 spiro atoms. The van der Waals surface area contributed by atoms with E-state index in [1.807, 2.05) is 0 Å². The largest absolute Gasteiger partial charge is 0.456 e. The highest BCUT2D eigenvalue weighted by atomic mass is 32.2. The molecule has 0 saturated heterocycles. The summed E-state index contributed by atoms with van der Waals surface area (Å²) >= 11 is 0. The second kappa shape index (κ2) is 5.97. The summed E-state index contributed by atoms with van der Waals surface area (Å²) in [6.45, 7) is 2.96. The lowest BCUT2D eigenvalue weighted by atomic mass is 10.1. The maximum absolute atomic E-state index is 12.6. The molecule has 0 fully saturated rings. The number of carbonyl (C=O) groups is 1. The number of aromatic nitrogens is 1. The lowest BCUT2D eigenvalue weighted by Crippen LogP contribution is -2.13. The molecule has 0 atom stereocenters. The molecule has 124 valence electrons. The van der Waals surface area contributed by atoms with Crippen LogP contribution in [0, 0.1) is 6.92 Å². The van der Waals surface area contributed by atoms with E-state index in [1.165, 1.54) is 25.3 Å². The minimum atomic E-state index is -3.87. The van der Waals surface area contributed by atoms with Crippen LogP contribution in [0.25, 0.3) is 11.5 Å². The minimum Gasteiger partial charge on any atom is -0.456 e. The van der Waals surface area contributed by atoms with Crippen molar-refractivity contribution < 1.29 is 22.2 Å². The number of rotatable bonds is 5. The van der Waals surface area contributed by atoms with Crippen LogP contribution >= 0.6 is 0 Å². The Bertz CT molecular complexity index is 987. The van der Waals surface area contributed by atoms with Crippen LogP contribution < -0.4 is 4.72 Å². The maximum Gasteiger partial charge on any atom is 0.265 e. The normalized spacial score (nSPS) is 11.4. The van der Waals surface area contributed by atoms with Gasteiger partial charge in [0, 0.05) is 23.4 Å². The van der Waals surface area contributed by atoms with Crippen molar-refractivity contribution in [2.45, 2.75) is 18.7 Å². The molecule has 3 aromatic rings. The standard InChI is InChI=1S/C16H14N2O5S/c1-10(19)12-4-3-5-13(8-12)18-24(20,21)16-9-15(22-11(16)2)14-6-7-17-23-14/h3-9,18H,1-2H3. The zero-order chi connectivity index (χ0) is 17.3. The van der Waals surface area contributed by atoms with Gasteiger partial charge < -0.3 is 8.94 Å². The van der Waals surface area contributed by atoms with Crippen LogP contribution in [0.3, 0.4) is 0 Å². The van der Waals surface area contributed by atoms with Crippen molar-refractivity contribution in [2.24, 2.45) is 0 Å². The smallest absolute Gasteiger partial charge is 0.265 e. The van der Waals surface area contributed by atoms with E-state index in [-0.39, 0.29) is 22.2 Å². The molecule has 1 aromatic carbocycles. The quantitative estimate of drug-likeness (QED) is 0.711. The summed E-state index contributed by atoms with van der Waals surface area (Å²) in [7, 11) is -3.87.